The Hall–Kier alpha value is -3.53. The number of hydrazone groups is 1. The summed E-state index contributed by atoms with van der Waals surface area (Å²) in [5.41, 5.74) is 4.46. The second-order valence-corrected chi connectivity index (χ2v) is 6.87. The van der Waals surface area contributed by atoms with Crippen LogP contribution in [0.15, 0.2) is 90.0 Å². The Morgan fingerprint density at radius 3 is 2.03 bits per heavy atom. The Morgan fingerprint density at radius 2 is 1.41 bits per heavy atom. The van der Waals surface area contributed by atoms with Gasteiger partial charge in [0.15, 0.2) is 0 Å². The summed E-state index contributed by atoms with van der Waals surface area (Å²) in [4.78, 5) is 0. The summed E-state index contributed by atoms with van der Waals surface area (Å²) in [5, 5.41) is 7.02. The summed E-state index contributed by atoms with van der Waals surface area (Å²) in [6.07, 6.45) is 5.03. The van der Waals surface area contributed by atoms with Crippen LogP contribution in [0.25, 0.3) is 6.08 Å². The molecule has 0 saturated heterocycles. The van der Waals surface area contributed by atoms with Crippen LogP contribution in [-0.4, -0.2) is 19.9 Å². The smallest absolute Gasteiger partial charge is 0.118 e. The molecule has 146 valence electrons. The lowest BCUT2D eigenvalue weighted by atomic mass is 10.0. The monoisotopic (exact) mass is 384 g/mol. The number of anilines is 1. The molecule has 1 atom stereocenters. The zero-order valence-electron chi connectivity index (χ0n) is 16.7. The quantitative estimate of drug-likeness (QED) is 0.545. The van der Waals surface area contributed by atoms with Crippen LogP contribution in [0.3, 0.4) is 0 Å². The molecule has 0 fully saturated rings. The van der Waals surface area contributed by atoms with Crippen molar-refractivity contribution in [1.82, 2.24) is 0 Å². The van der Waals surface area contributed by atoms with Crippen molar-refractivity contribution in [3.8, 4) is 11.5 Å². The van der Waals surface area contributed by atoms with Crippen LogP contribution in [-0.2, 0) is 0 Å². The second-order valence-electron chi connectivity index (χ2n) is 6.87. The lowest BCUT2D eigenvalue weighted by Crippen LogP contribution is -2.18. The third kappa shape index (κ3) is 4.32. The van der Waals surface area contributed by atoms with Crippen LogP contribution in [0.5, 0.6) is 11.5 Å². The number of rotatable bonds is 6. The van der Waals surface area contributed by atoms with Gasteiger partial charge in [-0.05, 0) is 53.6 Å². The first-order valence-electron chi connectivity index (χ1n) is 9.64. The summed E-state index contributed by atoms with van der Waals surface area (Å²) < 4.78 is 10.5. The van der Waals surface area contributed by atoms with Gasteiger partial charge in [0.05, 0.1) is 31.7 Å². The molecule has 0 unspecified atom stereocenters. The largest absolute Gasteiger partial charge is 0.497 e. The Kier molecular flexibility index (Phi) is 5.61. The molecule has 0 N–H and O–H groups in total. The number of ether oxygens (including phenoxy) is 2. The van der Waals surface area contributed by atoms with Gasteiger partial charge in [-0.2, -0.15) is 5.10 Å². The molecule has 3 aromatic carbocycles. The summed E-state index contributed by atoms with van der Waals surface area (Å²) >= 11 is 0. The predicted octanol–water partition coefficient (Wildman–Crippen LogP) is 5.72. The molecular formula is C25H24N2O2. The third-order valence-corrected chi connectivity index (χ3v) is 5.04. The van der Waals surface area contributed by atoms with Crippen LogP contribution in [0.4, 0.5) is 5.69 Å². The highest BCUT2D eigenvalue weighted by molar-refractivity contribution is 6.01. The van der Waals surface area contributed by atoms with E-state index in [4.69, 9.17) is 14.6 Å². The molecule has 4 rings (SSSR count). The molecule has 1 aliphatic rings. The second kappa shape index (κ2) is 8.65. The molecule has 0 amide bonds. The molecule has 0 aromatic heterocycles. The van der Waals surface area contributed by atoms with Crippen LogP contribution < -0.4 is 14.5 Å². The number of nitrogens with zero attached hydrogens (tertiary/aromatic N) is 2. The summed E-state index contributed by atoms with van der Waals surface area (Å²) in [5.74, 6) is 1.72. The maximum absolute atomic E-state index is 5.31. The van der Waals surface area contributed by atoms with E-state index >= 15 is 0 Å². The maximum Gasteiger partial charge on any atom is 0.118 e. The van der Waals surface area contributed by atoms with Crippen LogP contribution in [0.2, 0.25) is 0 Å². The average Bonchev–Trinajstić information content (AvgIpc) is 3.23. The van der Waals surface area contributed by atoms with Gasteiger partial charge in [-0.25, -0.2) is 0 Å². The summed E-state index contributed by atoms with van der Waals surface area (Å²) in [7, 11) is 3.36. The van der Waals surface area contributed by atoms with Crippen molar-refractivity contribution in [3.05, 3.63) is 96.1 Å². The van der Waals surface area contributed by atoms with E-state index in [0.29, 0.717) is 0 Å². The normalized spacial score (nSPS) is 16.1. The third-order valence-electron chi connectivity index (χ3n) is 5.04. The molecule has 3 aromatic rings. The Balaban J connectivity index is 1.60. The molecular weight excluding hydrogens is 360 g/mol. The lowest BCUT2D eigenvalue weighted by Gasteiger charge is -2.24. The molecule has 29 heavy (non-hydrogen) atoms. The zero-order chi connectivity index (χ0) is 20.1. The highest BCUT2D eigenvalue weighted by Crippen LogP contribution is 2.36. The number of benzene rings is 3. The van der Waals surface area contributed by atoms with E-state index in [1.807, 2.05) is 54.6 Å². The highest BCUT2D eigenvalue weighted by Gasteiger charge is 2.28. The van der Waals surface area contributed by atoms with Crippen molar-refractivity contribution in [3.63, 3.8) is 0 Å². The lowest BCUT2D eigenvalue weighted by molar-refractivity contribution is 0.414. The standard InChI is InChI=1S/C25H24N2O2/c1-28-23-14-9-19(10-15-23)8-13-21-18-25(20-11-16-24(29-2)17-12-20)27(26-21)22-6-4-3-5-7-22/h3-17,25H,18H2,1-2H3/b13-8+/t25-/m1/s1. The van der Waals surface area contributed by atoms with Crippen molar-refractivity contribution < 1.29 is 9.47 Å². The van der Waals surface area contributed by atoms with Gasteiger partial charge in [-0.15, -0.1) is 0 Å². The molecule has 1 heterocycles. The zero-order valence-corrected chi connectivity index (χ0v) is 16.7. The van der Waals surface area contributed by atoms with E-state index in [9.17, 15) is 0 Å². The highest BCUT2D eigenvalue weighted by atomic mass is 16.5. The van der Waals surface area contributed by atoms with Crippen molar-refractivity contribution in [2.24, 2.45) is 5.10 Å². The Morgan fingerprint density at radius 1 is 0.793 bits per heavy atom. The summed E-state index contributed by atoms with van der Waals surface area (Å²) in [6.45, 7) is 0. The number of para-hydroxylation sites is 1. The molecule has 1 aliphatic heterocycles. The minimum Gasteiger partial charge on any atom is -0.497 e. The first-order valence-corrected chi connectivity index (χ1v) is 9.64. The minimum absolute atomic E-state index is 0.152. The van der Waals surface area contributed by atoms with Crippen molar-refractivity contribution >= 4 is 17.5 Å². The van der Waals surface area contributed by atoms with Gasteiger partial charge in [0.25, 0.3) is 0 Å². The first kappa shape index (κ1) is 18.8. The van der Waals surface area contributed by atoms with Gasteiger partial charge >= 0.3 is 0 Å². The van der Waals surface area contributed by atoms with E-state index in [1.165, 1.54) is 5.56 Å². The fourth-order valence-corrected chi connectivity index (χ4v) is 3.45. The van der Waals surface area contributed by atoms with Crippen LogP contribution in [0, 0.1) is 0 Å². The number of methoxy groups -OCH3 is 2. The van der Waals surface area contributed by atoms with E-state index < -0.39 is 0 Å². The molecule has 0 radical (unpaired) electrons. The van der Waals surface area contributed by atoms with Crippen molar-refractivity contribution in [2.45, 2.75) is 12.5 Å². The minimum atomic E-state index is 0.152. The first-order chi connectivity index (χ1) is 14.3. The van der Waals surface area contributed by atoms with Gasteiger partial charge in [-0.1, -0.05) is 48.5 Å². The van der Waals surface area contributed by atoms with Gasteiger partial charge in [0.2, 0.25) is 0 Å². The van der Waals surface area contributed by atoms with Crippen LogP contribution in [0.1, 0.15) is 23.6 Å². The average molecular weight is 384 g/mol. The van der Waals surface area contributed by atoms with Crippen molar-refractivity contribution in [2.75, 3.05) is 19.2 Å². The van der Waals surface area contributed by atoms with Gasteiger partial charge in [0, 0.05) is 6.42 Å². The Labute approximate surface area is 171 Å². The Bertz CT molecular complexity index is 993. The predicted molar refractivity (Wildman–Crippen MR) is 119 cm³/mol. The van der Waals surface area contributed by atoms with Crippen LogP contribution >= 0.6 is 0 Å². The fraction of sp³-hybridized carbons (Fsp3) is 0.160. The molecule has 0 saturated carbocycles. The van der Waals surface area contributed by atoms with E-state index in [1.54, 1.807) is 14.2 Å². The fourth-order valence-electron chi connectivity index (χ4n) is 3.45. The van der Waals surface area contributed by atoms with Crippen molar-refractivity contribution in [1.29, 1.82) is 0 Å². The van der Waals surface area contributed by atoms with E-state index in [0.717, 1.165) is 34.9 Å². The van der Waals surface area contributed by atoms with E-state index in [2.05, 4.69) is 41.4 Å². The van der Waals surface area contributed by atoms with Gasteiger partial charge in [-0.3, -0.25) is 5.01 Å². The number of hydrogen-bond acceptors (Lipinski definition) is 4. The molecule has 4 heteroatoms. The molecule has 0 spiro atoms. The SMILES string of the molecule is COc1ccc(/C=C/C2=NN(c3ccccc3)[C@@H](c3ccc(OC)cc3)C2)cc1. The molecule has 4 nitrogen and oxygen atoms in total. The topological polar surface area (TPSA) is 34.1 Å². The molecule has 0 aliphatic carbocycles. The van der Waals surface area contributed by atoms with E-state index in [-0.39, 0.29) is 6.04 Å². The number of allylic oxidation sites excluding steroid dienone is 1. The summed E-state index contributed by atoms with van der Waals surface area (Å²) in [6, 6.07) is 26.7. The molecule has 0 bridgehead atoms. The van der Waals surface area contributed by atoms with Gasteiger partial charge in [0.1, 0.15) is 11.5 Å². The number of hydrogen-bond donors (Lipinski definition) is 0. The van der Waals surface area contributed by atoms with Gasteiger partial charge < -0.3 is 9.47 Å². The maximum atomic E-state index is 5.31.